The van der Waals surface area contributed by atoms with Crippen molar-refractivity contribution in [1.82, 2.24) is 4.98 Å². The van der Waals surface area contributed by atoms with Gasteiger partial charge in [0.25, 0.3) is 0 Å². The van der Waals surface area contributed by atoms with Gasteiger partial charge in [-0.3, -0.25) is 0 Å². The van der Waals surface area contributed by atoms with E-state index in [4.69, 9.17) is 0 Å². The van der Waals surface area contributed by atoms with Crippen LogP contribution >= 0.6 is 0 Å². The lowest BCUT2D eigenvalue weighted by Gasteiger charge is -2.04. The van der Waals surface area contributed by atoms with Crippen molar-refractivity contribution in [3.8, 4) is 11.5 Å². The summed E-state index contributed by atoms with van der Waals surface area (Å²) in [7, 11) is 0. The first-order valence-electron chi connectivity index (χ1n) is 3.96. The Kier molecular flexibility index (Phi) is 1.59. The maximum absolute atomic E-state index is 9.44. The van der Waals surface area contributed by atoms with Gasteiger partial charge in [-0.25, -0.2) is 4.98 Å². The Balaban J connectivity index is 2.94. The van der Waals surface area contributed by atoms with Crippen LogP contribution in [0, 0.1) is 6.92 Å². The number of rotatable bonds is 0. The number of benzene rings is 1. The molecule has 0 aliphatic carbocycles. The molecule has 2 aromatic rings. The third kappa shape index (κ3) is 1.09. The Labute approximate surface area is 75.3 Å². The van der Waals surface area contributed by atoms with Gasteiger partial charge in [-0.15, -0.1) is 0 Å². The van der Waals surface area contributed by atoms with Crippen LogP contribution in [0.3, 0.4) is 0 Å². The number of phenols is 1. The lowest BCUT2D eigenvalue weighted by Crippen LogP contribution is -1.83. The zero-order valence-corrected chi connectivity index (χ0v) is 7.15. The SMILES string of the molecule is Cc1c(O)cnc2c(O)cccc12. The van der Waals surface area contributed by atoms with Gasteiger partial charge >= 0.3 is 0 Å². The minimum Gasteiger partial charge on any atom is -0.506 e. The third-order valence-corrected chi connectivity index (χ3v) is 2.12. The van der Waals surface area contributed by atoms with Crippen LogP contribution < -0.4 is 0 Å². The highest BCUT2D eigenvalue weighted by Gasteiger charge is 2.05. The van der Waals surface area contributed by atoms with E-state index < -0.39 is 0 Å². The fourth-order valence-corrected chi connectivity index (χ4v) is 1.33. The maximum Gasteiger partial charge on any atom is 0.141 e. The summed E-state index contributed by atoms with van der Waals surface area (Å²) in [5.74, 6) is 0.290. The van der Waals surface area contributed by atoms with Crippen molar-refractivity contribution < 1.29 is 10.2 Å². The van der Waals surface area contributed by atoms with Crippen LogP contribution in [0.15, 0.2) is 24.4 Å². The second-order valence-electron chi connectivity index (χ2n) is 2.94. The van der Waals surface area contributed by atoms with Crippen LogP contribution in [0.2, 0.25) is 0 Å². The van der Waals surface area contributed by atoms with Crippen molar-refractivity contribution in [2.24, 2.45) is 0 Å². The van der Waals surface area contributed by atoms with E-state index >= 15 is 0 Å². The van der Waals surface area contributed by atoms with Crippen LogP contribution in [0.25, 0.3) is 10.9 Å². The molecular weight excluding hydrogens is 166 g/mol. The molecule has 0 unspecified atom stereocenters. The van der Waals surface area contributed by atoms with Crippen LogP contribution in [-0.4, -0.2) is 15.2 Å². The van der Waals surface area contributed by atoms with Crippen LogP contribution in [0.5, 0.6) is 11.5 Å². The first-order valence-corrected chi connectivity index (χ1v) is 3.96. The largest absolute Gasteiger partial charge is 0.506 e. The highest BCUT2D eigenvalue weighted by Crippen LogP contribution is 2.28. The van der Waals surface area contributed by atoms with Gasteiger partial charge < -0.3 is 10.2 Å². The van der Waals surface area contributed by atoms with Crippen molar-refractivity contribution in [3.05, 3.63) is 30.0 Å². The van der Waals surface area contributed by atoms with E-state index in [9.17, 15) is 10.2 Å². The molecule has 0 amide bonds. The van der Waals surface area contributed by atoms with E-state index in [-0.39, 0.29) is 11.5 Å². The van der Waals surface area contributed by atoms with E-state index in [1.165, 1.54) is 6.20 Å². The molecule has 3 nitrogen and oxygen atoms in total. The Morgan fingerprint density at radius 2 is 1.92 bits per heavy atom. The highest BCUT2D eigenvalue weighted by atomic mass is 16.3. The van der Waals surface area contributed by atoms with Gasteiger partial charge in [-0.05, 0) is 13.0 Å². The van der Waals surface area contributed by atoms with Crippen molar-refractivity contribution in [3.63, 3.8) is 0 Å². The smallest absolute Gasteiger partial charge is 0.141 e. The van der Waals surface area contributed by atoms with Gasteiger partial charge in [-0.2, -0.15) is 0 Å². The Bertz CT molecular complexity index is 466. The quantitative estimate of drug-likeness (QED) is 0.643. The van der Waals surface area contributed by atoms with Crippen LogP contribution in [-0.2, 0) is 0 Å². The van der Waals surface area contributed by atoms with Gasteiger partial charge in [0.05, 0.1) is 6.20 Å². The van der Waals surface area contributed by atoms with E-state index in [0.29, 0.717) is 5.52 Å². The Morgan fingerprint density at radius 3 is 2.69 bits per heavy atom. The number of aromatic nitrogens is 1. The molecule has 3 heteroatoms. The van der Waals surface area contributed by atoms with E-state index in [1.807, 2.05) is 6.07 Å². The number of aryl methyl sites for hydroxylation is 1. The minimum absolute atomic E-state index is 0.139. The predicted molar refractivity (Wildman–Crippen MR) is 49.8 cm³/mol. The number of hydrogen-bond acceptors (Lipinski definition) is 3. The first kappa shape index (κ1) is 7.86. The van der Waals surface area contributed by atoms with Crippen LogP contribution in [0.4, 0.5) is 0 Å². The van der Waals surface area contributed by atoms with E-state index in [0.717, 1.165) is 10.9 Å². The molecule has 0 saturated heterocycles. The summed E-state index contributed by atoms with van der Waals surface area (Å²) < 4.78 is 0. The van der Waals surface area contributed by atoms with Gasteiger partial charge in [0, 0.05) is 10.9 Å². The standard InChI is InChI=1S/C10H9NO2/c1-6-7-3-2-4-8(12)10(7)11-5-9(6)13/h2-5,12-13H,1H3. The van der Waals surface area contributed by atoms with Gasteiger partial charge in [-0.1, -0.05) is 12.1 Å². The number of pyridine rings is 1. The molecule has 0 bridgehead atoms. The molecule has 1 aromatic carbocycles. The normalized spacial score (nSPS) is 10.5. The Morgan fingerprint density at radius 1 is 1.15 bits per heavy atom. The molecular formula is C10H9NO2. The average molecular weight is 175 g/mol. The molecule has 0 radical (unpaired) electrons. The number of fused-ring (bicyclic) bond motifs is 1. The fourth-order valence-electron chi connectivity index (χ4n) is 1.33. The van der Waals surface area contributed by atoms with Crippen molar-refractivity contribution in [2.75, 3.05) is 0 Å². The first-order chi connectivity index (χ1) is 6.20. The van der Waals surface area contributed by atoms with E-state index in [2.05, 4.69) is 4.98 Å². The molecule has 1 heterocycles. The molecule has 1 aromatic heterocycles. The number of hydrogen-bond donors (Lipinski definition) is 2. The summed E-state index contributed by atoms with van der Waals surface area (Å²) in [6, 6.07) is 5.12. The lowest BCUT2D eigenvalue weighted by atomic mass is 10.1. The molecule has 0 spiro atoms. The molecule has 2 rings (SSSR count). The van der Waals surface area contributed by atoms with Gasteiger partial charge in [0.1, 0.15) is 17.0 Å². The number of phenolic OH excluding ortho intramolecular Hbond substituents is 1. The van der Waals surface area contributed by atoms with Crippen molar-refractivity contribution in [2.45, 2.75) is 6.92 Å². The highest BCUT2D eigenvalue weighted by molar-refractivity contribution is 5.88. The molecule has 0 saturated carbocycles. The van der Waals surface area contributed by atoms with Crippen LogP contribution in [0.1, 0.15) is 5.56 Å². The molecule has 13 heavy (non-hydrogen) atoms. The number of para-hydroxylation sites is 1. The summed E-state index contributed by atoms with van der Waals surface area (Å²) >= 11 is 0. The molecule has 0 atom stereocenters. The van der Waals surface area contributed by atoms with E-state index in [1.54, 1.807) is 19.1 Å². The monoisotopic (exact) mass is 175 g/mol. The van der Waals surface area contributed by atoms with Gasteiger partial charge in [0.2, 0.25) is 0 Å². The fraction of sp³-hybridized carbons (Fsp3) is 0.100. The van der Waals surface area contributed by atoms with Crippen molar-refractivity contribution in [1.29, 1.82) is 0 Å². The number of nitrogens with zero attached hydrogens (tertiary/aromatic N) is 1. The topological polar surface area (TPSA) is 53.4 Å². The summed E-state index contributed by atoms with van der Waals surface area (Å²) in [5.41, 5.74) is 1.26. The molecule has 2 N–H and O–H groups in total. The average Bonchev–Trinajstić information content (AvgIpc) is 2.12. The second-order valence-corrected chi connectivity index (χ2v) is 2.94. The summed E-state index contributed by atoms with van der Waals surface area (Å²) in [6.07, 6.45) is 1.34. The second kappa shape index (κ2) is 2.62. The molecule has 0 aliphatic rings. The minimum atomic E-state index is 0.139. The maximum atomic E-state index is 9.44. The van der Waals surface area contributed by atoms with Gasteiger partial charge in [0.15, 0.2) is 0 Å². The molecule has 66 valence electrons. The Hall–Kier alpha value is -1.77. The molecule has 0 fully saturated rings. The summed E-state index contributed by atoms with van der Waals surface area (Å²) in [6.45, 7) is 1.79. The zero-order chi connectivity index (χ0) is 9.42. The number of aromatic hydroxyl groups is 2. The summed E-state index contributed by atoms with van der Waals surface area (Å²) in [4.78, 5) is 3.94. The summed E-state index contributed by atoms with van der Waals surface area (Å²) in [5, 5.41) is 19.6. The predicted octanol–water partition coefficient (Wildman–Crippen LogP) is 1.95. The third-order valence-electron chi connectivity index (χ3n) is 2.12. The molecule has 0 aliphatic heterocycles. The van der Waals surface area contributed by atoms with Crippen molar-refractivity contribution >= 4 is 10.9 Å². The lowest BCUT2D eigenvalue weighted by molar-refractivity contribution is 0.468. The zero-order valence-electron chi connectivity index (χ0n) is 7.15.